The molecule has 0 aromatic heterocycles. The van der Waals surface area contributed by atoms with Crippen LogP contribution in [0.4, 0.5) is 0 Å². The zero-order valence-electron chi connectivity index (χ0n) is 11.0. The highest BCUT2D eigenvalue weighted by atomic mass is 79.9. The molecule has 3 aromatic rings. The fourth-order valence-electron chi connectivity index (χ4n) is 1.83. The van der Waals surface area contributed by atoms with E-state index < -0.39 is 0 Å². The molecule has 0 amide bonds. The Labute approximate surface area is 127 Å². The lowest BCUT2D eigenvalue weighted by Gasteiger charge is -1.92. The van der Waals surface area contributed by atoms with Crippen LogP contribution in [0.15, 0.2) is 78.9 Å². The van der Waals surface area contributed by atoms with E-state index in [0.717, 1.165) is 5.56 Å². The van der Waals surface area contributed by atoms with Crippen molar-refractivity contribution in [3.8, 4) is 0 Å². The van der Waals surface area contributed by atoms with Crippen LogP contribution in [0.5, 0.6) is 0 Å². The van der Waals surface area contributed by atoms with Crippen LogP contribution in [0.1, 0.15) is 10.4 Å². The first-order valence-corrected chi connectivity index (χ1v) is 7.51. The molecule has 1 nitrogen and oxygen atoms in total. The predicted molar refractivity (Wildman–Crippen MR) is 88.5 cm³/mol. The monoisotopic (exact) mass is 326 g/mol. The second-order valence-corrected chi connectivity index (χ2v) is 4.83. The van der Waals surface area contributed by atoms with Crippen molar-refractivity contribution in [3.05, 3.63) is 84.4 Å². The Morgan fingerprint density at radius 1 is 0.700 bits per heavy atom. The molecule has 0 N–H and O–H groups in total. The third kappa shape index (κ3) is 4.04. The maximum Gasteiger partial charge on any atom is 0.173 e. The highest BCUT2D eigenvalue weighted by Gasteiger charge is 1.99. The van der Waals surface area contributed by atoms with Gasteiger partial charge >= 0.3 is 0 Å². The Morgan fingerprint density at radius 2 is 1.10 bits per heavy atom. The molecule has 20 heavy (non-hydrogen) atoms. The van der Waals surface area contributed by atoms with Crippen molar-refractivity contribution >= 4 is 32.5 Å². The molecule has 0 bridgehead atoms. The molecule has 0 aliphatic heterocycles. The summed E-state index contributed by atoms with van der Waals surface area (Å²) in [5, 5.41) is 3.02. The van der Waals surface area contributed by atoms with Crippen LogP contribution in [0, 0.1) is 0 Å². The van der Waals surface area contributed by atoms with Gasteiger partial charge < -0.3 is 0 Å². The molecule has 0 radical (unpaired) electrons. The average molecular weight is 327 g/mol. The molecule has 0 saturated carbocycles. The summed E-state index contributed by atoms with van der Waals surface area (Å²) in [7, 11) is 0. The van der Waals surface area contributed by atoms with Crippen LogP contribution in [-0.4, -0.2) is 11.1 Å². The second-order valence-electron chi connectivity index (χ2n) is 4.27. The number of halogens is 1. The Morgan fingerprint density at radius 3 is 1.50 bits per heavy atom. The number of hydrogen-bond donors (Lipinski definition) is 0. The third-order valence-corrected chi connectivity index (χ3v) is 3.39. The van der Waals surface area contributed by atoms with Gasteiger partial charge in [-0.05, 0) is 10.8 Å². The van der Waals surface area contributed by atoms with Gasteiger partial charge in [-0.25, -0.2) is 0 Å². The SMILES string of the molecule is O=C(CBr)c1ccccc1.c1ccc2ccccc2c1. The first-order chi connectivity index (χ1) is 9.81. The number of ketones is 1. The number of benzene rings is 3. The van der Waals surface area contributed by atoms with Gasteiger partial charge in [0.15, 0.2) is 5.78 Å². The molecule has 0 saturated heterocycles. The maximum absolute atomic E-state index is 11.0. The van der Waals surface area contributed by atoms with E-state index in [-0.39, 0.29) is 5.78 Å². The van der Waals surface area contributed by atoms with E-state index in [4.69, 9.17) is 0 Å². The van der Waals surface area contributed by atoms with E-state index in [1.54, 1.807) is 0 Å². The van der Waals surface area contributed by atoms with Gasteiger partial charge in [-0.1, -0.05) is 94.8 Å². The quantitative estimate of drug-likeness (QED) is 0.472. The van der Waals surface area contributed by atoms with Gasteiger partial charge in [-0.15, -0.1) is 0 Å². The summed E-state index contributed by atoms with van der Waals surface area (Å²) in [6, 6.07) is 25.9. The van der Waals surface area contributed by atoms with Crippen molar-refractivity contribution in [2.75, 3.05) is 5.33 Å². The number of Topliss-reactive ketones (excluding diaryl/α,β-unsaturated/α-hetero) is 1. The minimum Gasteiger partial charge on any atom is -0.293 e. The zero-order valence-corrected chi connectivity index (χ0v) is 12.6. The molecule has 0 heterocycles. The third-order valence-electron chi connectivity index (χ3n) is 2.88. The van der Waals surface area contributed by atoms with Crippen LogP contribution in [0.25, 0.3) is 10.8 Å². The number of alkyl halides is 1. The standard InChI is InChI=1S/C10H8.C8H7BrO/c1-2-6-10-8-4-3-7-9(10)5-1;9-6-8(10)7-4-2-1-3-5-7/h1-8H;1-5H,6H2. The van der Waals surface area contributed by atoms with Gasteiger partial charge in [-0.2, -0.15) is 0 Å². The smallest absolute Gasteiger partial charge is 0.173 e. The van der Waals surface area contributed by atoms with Gasteiger partial charge in [0.05, 0.1) is 5.33 Å². The van der Waals surface area contributed by atoms with Gasteiger partial charge in [0.25, 0.3) is 0 Å². The average Bonchev–Trinajstić information content (AvgIpc) is 2.55. The number of rotatable bonds is 2. The topological polar surface area (TPSA) is 17.1 Å². The summed E-state index contributed by atoms with van der Waals surface area (Å²) in [5.74, 6) is 0.126. The van der Waals surface area contributed by atoms with Crippen molar-refractivity contribution in [2.24, 2.45) is 0 Å². The van der Waals surface area contributed by atoms with Crippen LogP contribution in [-0.2, 0) is 0 Å². The fourth-order valence-corrected chi connectivity index (χ4v) is 2.16. The predicted octanol–water partition coefficient (Wildman–Crippen LogP) is 5.10. The van der Waals surface area contributed by atoms with Gasteiger partial charge in [0, 0.05) is 5.56 Å². The van der Waals surface area contributed by atoms with Gasteiger partial charge in [-0.3, -0.25) is 4.79 Å². The summed E-state index contributed by atoms with van der Waals surface area (Å²) in [4.78, 5) is 11.0. The van der Waals surface area contributed by atoms with Crippen molar-refractivity contribution < 1.29 is 4.79 Å². The minimum atomic E-state index is 0.126. The molecule has 0 unspecified atom stereocenters. The van der Waals surface area contributed by atoms with Crippen molar-refractivity contribution in [2.45, 2.75) is 0 Å². The number of hydrogen-bond acceptors (Lipinski definition) is 1. The van der Waals surface area contributed by atoms with Crippen LogP contribution >= 0.6 is 15.9 Å². The Balaban J connectivity index is 0.000000147. The summed E-state index contributed by atoms with van der Waals surface area (Å²) < 4.78 is 0. The number of fused-ring (bicyclic) bond motifs is 1. The molecule has 0 atom stereocenters. The lowest BCUT2D eigenvalue weighted by atomic mass is 10.1. The van der Waals surface area contributed by atoms with Crippen molar-refractivity contribution in [1.82, 2.24) is 0 Å². The zero-order chi connectivity index (χ0) is 14.2. The molecule has 0 spiro atoms. The van der Waals surface area contributed by atoms with E-state index in [1.807, 2.05) is 30.3 Å². The van der Waals surface area contributed by atoms with E-state index in [1.165, 1.54) is 10.8 Å². The van der Waals surface area contributed by atoms with Crippen LogP contribution < -0.4 is 0 Å². The molecular formula is C18H15BrO. The van der Waals surface area contributed by atoms with Gasteiger partial charge in [0.1, 0.15) is 0 Å². The largest absolute Gasteiger partial charge is 0.293 e. The van der Waals surface area contributed by atoms with E-state index in [9.17, 15) is 4.79 Å². The number of carbonyl (C=O) groups excluding carboxylic acids is 1. The first kappa shape index (κ1) is 14.5. The summed E-state index contributed by atoms with van der Waals surface area (Å²) in [6.07, 6.45) is 0. The Bertz CT molecular complexity index is 612. The van der Waals surface area contributed by atoms with E-state index in [0.29, 0.717) is 5.33 Å². The Kier molecular flexibility index (Phi) is 5.51. The van der Waals surface area contributed by atoms with Gasteiger partial charge in [0.2, 0.25) is 0 Å². The lowest BCUT2D eigenvalue weighted by molar-refractivity contribution is 0.102. The fraction of sp³-hybridized carbons (Fsp3) is 0.0556. The molecular weight excluding hydrogens is 312 g/mol. The molecule has 0 aliphatic rings. The highest BCUT2D eigenvalue weighted by Crippen LogP contribution is 2.11. The molecule has 3 aromatic carbocycles. The van der Waals surface area contributed by atoms with Crippen molar-refractivity contribution in [1.29, 1.82) is 0 Å². The van der Waals surface area contributed by atoms with Crippen LogP contribution in [0.3, 0.4) is 0 Å². The van der Waals surface area contributed by atoms with Crippen molar-refractivity contribution in [3.63, 3.8) is 0 Å². The summed E-state index contributed by atoms with van der Waals surface area (Å²) in [6.45, 7) is 0. The summed E-state index contributed by atoms with van der Waals surface area (Å²) in [5.41, 5.74) is 0.763. The summed E-state index contributed by atoms with van der Waals surface area (Å²) >= 11 is 3.10. The Hall–Kier alpha value is -1.93. The first-order valence-electron chi connectivity index (χ1n) is 6.39. The number of carbonyl (C=O) groups is 1. The second kappa shape index (κ2) is 7.61. The molecule has 3 rings (SSSR count). The minimum absolute atomic E-state index is 0.126. The molecule has 100 valence electrons. The molecule has 2 heteroatoms. The van der Waals surface area contributed by atoms with Crippen LogP contribution in [0.2, 0.25) is 0 Å². The normalized spacial score (nSPS) is 9.65. The van der Waals surface area contributed by atoms with E-state index in [2.05, 4.69) is 64.5 Å². The molecule has 0 aliphatic carbocycles. The molecule has 0 fully saturated rings. The maximum atomic E-state index is 11.0. The highest BCUT2D eigenvalue weighted by molar-refractivity contribution is 9.09. The van der Waals surface area contributed by atoms with E-state index >= 15 is 0 Å². The lowest BCUT2D eigenvalue weighted by Crippen LogP contribution is -1.98.